The van der Waals surface area contributed by atoms with Gasteiger partial charge in [0.25, 0.3) is 0 Å². The van der Waals surface area contributed by atoms with E-state index in [-0.39, 0.29) is 12.0 Å². The van der Waals surface area contributed by atoms with E-state index in [9.17, 15) is 4.79 Å². The first-order valence-electron chi connectivity index (χ1n) is 9.19. The van der Waals surface area contributed by atoms with Gasteiger partial charge in [-0.3, -0.25) is 4.79 Å². The van der Waals surface area contributed by atoms with Crippen molar-refractivity contribution in [1.29, 1.82) is 0 Å². The van der Waals surface area contributed by atoms with Crippen molar-refractivity contribution in [3.63, 3.8) is 0 Å². The Bertz CT molecular complexity index is 989. The zero-order valence-electron chi connectivity index (χ0n) is 16.2. The molecule has 1 aromatic heterocycles. The third-order valence-electron chi connectivity index (χ3n) is 4.00. The third-order valence-corrected chi connectivity index (χ3v) is 4.62. The van der Waals surface area contributed by atoms with Crippen molar-refractivity contribution in [3.8, 4) is 17.4 Å². The minimum absolute atomic E-state index is 0.0142. The second-order valence-corrected chi connectivity index (χ2v) is 7.62. The van der Waals surface area contributed by atoms with Gasteiger partial charge in [-0.25, -0.2) is 4.98 Å². The van der Waals surface area contributed by atoms with E-state index in [0.717, 1.165) is 33.1 Å². The molecule has 0 aliphatic rings. The number of nitrogens with one attached hydrogen (secondary N) is 1. The number of amides is 1. The van der Waals surface area contributed by atoms with Crippen molar-refractivity contribution in [2.75, 3.05) is 6.54 Å². The van der Waals surface area contributed by atoms with Crippen molar-refractivity contribution in [2.24, 2.45) is 0 Å². The highest BCUT2D eigenvalue weighted by atomic mass is 79.9. The fraction of sp³-hybridized carbons (Fsp3) is 0.273. The topological polar surface area (TPSA) is 60.5 Å². The summed E-state index contributed by atoms with van der Waals surface area (Å²) in [6, 6.07) is 15.5. The van der Waals surface area contributed by atoms with E-state index in [1.807, 2.05) is 56.3 Å². The Labute approximate surface area is 173 Å². The van der Waals surface area contributed by atoms with Gasteiger partial charge in [-0.15, -0.1) is 0 Å². The van der Waals surface area contributed by atoms with Crippen molar-refractivity contribution in [2.45, 2.75) is 33.3 Å². The van der Waals surface area contributed by atoms with Gasteiger partial charge in [-0.05, 0) is 78.2 Å². The summed E-state index contributed by atoms with van der Waals surface area (Å²) in [6.45, 7) is 6.12. The number of hydrogen-bond acceptors (Lipinski definition) is 4. The van der Waals surface area contributed by atoms with Crippen molar-refractivity contribution in [1.82, 2.24) is 10.3 Å². The summed E-state index contributed by atoms with van der Waals surface area (Å²) in [5, 5.41) is 3.85. The molecule has 3 aromatic rings. The van der Waals surface area contributed by atoms with Crippen LogP contribution in [-0.2, 0) is 11.2 Å². The molecule has 0 fully saturated rings. The minimum Gasteiger partial charge on any atom is -0.490 e. The standard InChI is InChI=1S/C22H23BrN2O3/c1-14(2)27-21-8-6-18(13-19(21)23)28-22-9-5-17-12-16(4-7-20(17)25-22)10-11-24-15(3)26/h4-9,12-14H,10-11H2,1-3H3,(H,24,26). The number of benzene rings is 2. The Kier molecular flexibility index (Phi) is 6.52. The summed E-state index contributed by atoms with van der Waals surface area (Å²) in [5.74, 6) is 1.98. The Morgan fingerprint density at radius 1 is 1.14 bits per heavy atom. The maximum absolute atomic E-state index is 11.0. The molecule has 1 amide bonds. The number of ether oxygens (including phenoxy) is 2. The monoisotopic (exact) mass is 442 g/mol. The molecule has 2 aromatic carbocycles. The number of pyridine rings is 1. The molecule has 0 radical (unpaired) electrons. The van der Waals surface area contributed by atoms with E-state index >= 15 is 0 Å². The van der Waals surface area contributed by atoms with Crippen LogP contribution in [0.1, 0.15) is 26.3 Å². The highest BCUT2D eigenvalue weighted by Gasteiger charge is 2.08. The van der Waals surface area contributed by atoms with Crippen LogP contribution in [0.5, 0.6) is 17.4 Å². The fourth-order valence-corrected chi connectivity index (χ4v) is 3.22. The number of aromatic nitrogens is 1. The molecule has 0 saturated heterocycles. The molecule has 6 heteroatoms. The second kappa shape index (κ2) is 9.06. The van der Waals surface area contributed by atoms with Crippen LogP contribution in [0.15, 0.2) is 53.0 Å². The van der Waals surface area contributed by atoms with Gasteiger partial charge in [-0.1, -0.05) is 6.07 Å². The Morgan fingerprint density at radius 3 is 2.68 bits per heavy atom. The van der Waals surface area contributed by atoms with Crippen molar-refractivity contribution in [3.05, 3.63) is 58.6 Å². The number of carbonyl (C=O) groups excluding carboxylic acids is 1. The van der Waals surface area contributed by atoms with Gasteiger partial charge in [-0.2, -0.15) is 0 Å². The largest absolute Gasteiger partial charge is 0.490 e. The van der Waals surface area contributed by atoms with Crippen LogP contribution in [0.3, 0.4) is 0 Å². The quantitative estimate of drug-likeness (QED) is 0.542. The van der Waals surface area contributed by atoms with E-state index in [0.29, 0.717) is 18.2 Å². The zero-order chi connectivity index (χ0) is 20.1. The van der Waals surface area contributed by atoms with E-state index in [4.69, 9.17) is 9.47 Å². The number of nitrogens with zero attached hydrogens (tertiary/aromatic N) is 1. The summed E-state index contributed by atoms with van der Waals surface area (Å²) in [7, 11) is 0. The van der Waals surface area contributed by atoms with Gasteiger partial charge >= 0.3 is 0 Å². The molecule has 1 N–H and O–H groups in total. The summed E-state index contributed by atoms with van der Waals surface area (Å²) in [4.78, 5) is 15.6. The lowest BCUT2D eigenvalue weighted by Crippen LogP contribution is -2.22. The molecular formula is C22H23BrN2O3. The van der Waals surface area contributed by atoms with Gasteiger partial charge in [0.15, 0.2) is 0 Å². The lowest BCUT2D eigenvalue weighted by molar-refractivity contribution is -0.118. The van der Waals surface area contributed by atoms with Crippen LogP contribution < -0.4 is 14.8 Å². The van der Waals surface area contributed by atoms with E-state index in [2.05, 4.69) is 32.3 Å². The summed E-state index contributed by atoms with van der Waals surface area (Å²) in [5.41, 5.74) is 2.01. The highest BCUT2D eigenvalue weighted by Crippen LogP contribution is 2.32. The average molecular weight is 443 g/mol. The SMILES string of the molecule is CC(=O)NCCc1ccc2nc(Oc3ccc(OC(C)C)c(Br)c3)ccc2c1. The van der Waals surface area contributed by atoms with Crippen LogP contribution in [-0.4, -0.2) is 23.5 Å². The highest BCUT2D eigenvalue weighted by molar-refractivity contribution is 9.10. The van der Waals surface area contributed by atoms with Gasteiger partial charge in [0.1, 0.15) is 11.5 Å². The Hall–Kier alpha value is -2.60. The smallest absolute Gasteiger partial charge is 0.219 e. The van der Waals surface area contributed by atoms with Crippen LogP contribution in [0.2, 0.25) is 0 Å². The van der Waals surface area contributed by atoms with Crippen molar-refractivity contribution >= 4 is 32.7 Å². The Balaban J connectivity index is 1.72. The molecule has 0 spiro atoms. The molecule has 0 bridgehead atoms. The predicted octanol–water partition coefficient (Wildman–Crippen LogP) is 5.26. The number of rotatable bonds is 7. The second-order valence-electron chi connectivity index (χ2n) is 6.77. The van der Waals surface area contributed by atoms with Gasteiger partial charge in [0, 0.05) is 24.9 Å². The molecule has 1 heterocycles. The first-order valence-corrected chi connectivity index (χ1v) is 9.98. The molecule has 146 valence electrons. The minimum atomic E-state index is -0.0142. The molecule has 28 heavy (non-hydrogen) atoms. The summed E-state index contributed by atoms with van der Waals surface area (Å²) in [6.07, 6.45) is 0.889. The molecular weight excluding hydrogens is 420 g/mol. The van der Waals surface area contributed by atoms with E-state index in [1.165, 1.54) is 6.92 Å². The number of halogens is 1. The lowest BCUT2D eigenvalue weighted by Gasteiger charge is -2.13. The predicted molar refractivity (Wildman–Crippen MR) is 114 cm³/mol. The fourth-order valence-electron chi connectivity index (χ4n) is 2.77. The number of carbonyl (C=O) groups is 1. The first kappa shape index (κ1) is 20.1. The maximum atomic E-state index is 11.0. The van der Waals surface area contributed by atoms with Gasteiger partial charge < -0.3 is 14.8 Å². The molecule has 0 unspecified atom stereocenters. The molecule has 5 nitrogen and oxygen atoms in total. The number of hydrogen-bond donors (Lipinski definition) is 1. The Morgan fingerprint density at radius 2 is 1.96 bits per heavy atom. The molecule has 0 aliphatic heterocycles. The van der Waals surface area contributed by atoms with Crippen LogP contribution in [0.25, 0.3) is 10.9 Å². The third kappa shape index (κ3) is 5.45. The molecule has 0 atom stereocenters. The summed E-state index contributed by atoms with van der Waals surface area (Å²) >= 11 is 3.51. The van der Waals surface area contributed by atoms with Gasteiger partial charge in [0.2, 0.25) is 11.8 Å². The zero-order valence-corrected chi connectivity index (χ0v) is 17.7. The normalized spacial score (nSPS) is 10.9. The lowest BCUT2D eigenvalue weighted by atomic mass is 10.1. The van der Waals surface area contributed by atoms with E-state index in [1.54, 1.807) is 0 Å². The average Bonchev–Trinajstić information content (AvgIpc) is 2.63. The first-order chi connectivity index (χ1) is 13.4. The molecule has 0 saturated carbocycles. The summed E-state index contributed by atoms with van der Waals surface area (Å²) < 4.78 is 12.5. The van der Waals surface area contributed by atoms with Crippen LogP contribution in [0, 0.1) is 0 Å². The van der Waals surface area contributed by atoms with Crippen molar-refractivity contribution < 1.29 is 14.3 Å². The maximum Gasteiger partial charge on any atom is 0.219 e. The number of fused-ring (bicyclic) bond motifs is 1. The van der Waals surface area contributed by atoms with Gasteiger partial charge in [0.05, 0.1) is 16.1 Å². The van der Waals surface area contributed by atoms with Crippen LogP contribution >= 0.6 is 15.9 Å². The van der Waals surface area contributed by atoms with Crippen LogP contribution in [0.4, 0.5) is 0 Å². The van der Waals surface area contributed by atoms with E-state index < -0.39 is 0 Å². The molecule has 3 rings (SSSR count). The molecule has 0 aliphatic carbocycles.